The fourth-order valence-electron chi connectivity index (χ4n) is 3.70. The molecule has 2 N–H and O–H groups in total. The lowest BCUT2D eigenvalue weighted by atomic mass is 9.98. The van der Waals surface area contributed by atoms with Crippen molar-refractivity contribution in [3.8, 4) is 11.5 Å². The van der Waals surface area contributed by atoms with E-state index in [9.17, 15) is 9.59 Å². The Morgan fingerprint density at radius 3 is 2.70 bits per heavy atom. The Kier molecular flexibility index (Phi) is 6.49. The molecule has 1 atom stereocenters. The van der Waals surface area contributed by atoms with Gasteiger partial charge in [-0.25, -0.2) is 4.79 Å². The lowest BCUT2D eigenvalue weighted by Crippen LogP contribution is -2.42. The second-order valence-electron chi connectivity index (χ2n) is 7.63. The molecule has 0 radical (unpaired) electrons. The summed E-state index contributed by atoms with van der Waals surface area (Å²) in [7, 11) is 0. The zero-order chi connectivity index (χ0) is 20.8. The number of nitrogens with one attached hydrogen (secondary N) is 2. The quantitative estimate of drug-likeness (QED) is 0.582. The van der Waals surface area contributed by atoms with Crippen molar-refractivity contribution in [2.75, 3.05) is 19.7 Å². The Morgan fingerprint density at radius 2 is 1.90 bits per heavy atom. The van der Waals surface area contributed by atoms with E-state index in [2.05, 4.69) is 10.6 Å². The van der Waals surface area contributed by atoms with Gasteiger partial charge < -0.3 is 24.8 Å². The van der Waals surface area contributed by atoms with E-state index >= 15 is 0 Å². The summed E-state index contributed by atoms with van der Waals surface area (Å²) >= 11 is 0. The van der Waals surface area contributed by atoms with Crippen LogP contribution in [0.3, 0.4) is 0 Å². The van der Waals surface area contributed by atoms with Gasteiger partial charge in [0.05, 0.1) is 12.0 Å². The molecule has 0 saturated carbocycles. The van der Waals surface area contributed by atoms with Gasteiger partial charge in [0.25, 0.3) is 0 Å². The summed E-state index contributed by atoms with van der Waals surface area (Å²) < 4.78 is 16.6. The van der Waals surface area contributed by atoms with Crippen LogP contribution >= 0.6 is 0 Å². The van der Waals surface area contributed by atoms with Gasteiger partial charge in [0, 0.05) is 6.07 Å². The lowest BCUT2D eigenvalue weighted by Gasteiger charge is -2.26. The zero-order valence-electron chi connectivity index (χ0n) is 16.8. The SMILES string of the molecule is O=C(N[C@H]1COc2cc(OC(=O)C3CCNCC3)ccc2C1)OCc1ccccc1. The van der Waals surface area contributed by atoms with Crippen molar-refractivity contribution in [3.63, 3.8) is 0 Å². The molecule has 7 heteroatoms. The highest BCUT2D eigenvalue weighted by molar-refractivity contribution is 5.75. The maximum absolute atomic E-state index is 12.3. The second-order valence-corrected chi connectivity index (χ2v) is 7.63. The van der Waals surface area contributed by atoms with Crippen LogP contribution in [-0.2, 0) is 22.6 Å². The van der Waals surface area contributed by atoms with Gasteiger partial charge in [0.1, 0.15) is 24.7 Å². The highest BCUT2D eigenvalue weighted by atomic mass is 16.6. The summed E-state index contributed by atoms with van der Waals surface area (Å²) in [5, 5.41) is 6.08. The fourth-order valence-corrected chi connectivity index (χ4v) is 3.70. The molecule has 30 heavy (non-hydrogen) atoms. The van der Waals surface area contributed by atoms with Crippen LogP contribution in [-0.4, -0.2) is 37.8 Å². The number of carbonyl (C=O) groups is 2. The third-order valence-corrected chi connectivity index (χ3v) is 5.37. The Hall–Kier alpha value is -3.06. The van der Waals surface area contributed by atoms with Gasteiger partial charge in [-0.05, 0) is 49.5 Å². The standard InChI is InChI=1S/C23H26N2O5/c26-22(17-8-10-24-11-9-17)30-20-7-6-18-12-19(15-28-21(18)13-20)25-23(27)29-14-16-4-2-1-3-5-16/h1-7,13,17,19,24H,8-12,14-15H2,(H,25,27)/t19-/m1/s1. The molecule has 158 valence electrons. The Bertz CT molecular complexity index is 880. The average molecular weight is 410 g/mol. The molecule has 0 unspecified atom stereocenters. The largest absolute Gasteiger partial charge is 0.491 e. The predicted octanol–water partition coefficient (Wildman–Crippen LogP) is 2.82. The minimum Gasteiger partial charge on any atom is -0.491 e. The van der Waals surface area contributed by atoms with Gasteiger partial charge in [-0.3, -0.25) is 4.79 Å². The minimum absolute atomic E-state index is 0.0568. The third-order valence-electron chi connectivity index (χ3n) is 5.37. The number of esters is 1. The molecule has 2 aliphatic heterocycles. The van der Waals surface area contributed by atoms with Gasteiger partial charge in [0.2, 0.25) is 0 Å². The van der Waals surface area contributed by atoms with E-state index in [4.69, 9.17) is 14.2 Å². The van der Waals surface area contributed by atoms with Gasteiger partial charge in [-0.15, -0.1) is 0 Å². The summed E-state index contributed by atoms with van der Waals surface area (Å²) in [4.78, 5) is 24.4. The molecule has 2 aliphatic rings. The number of alkyl carbamates (subject to hydrolysis) is 1. The van der Waals surface area contributed by atoms with Crippen LogP contribution in [0, 0.1) is 5.92 Å². The second kappa shape index (κ2) is 9.63. The number of hydrogen-bond donors (Lipinski definition) is 2. The highest BCUT2D eigenvalue weighted by Gasteiger charge is 2.25. The molecular formula is C23H26N2O5. The maximum atomic E-state index is 12.3. The summed E-state index contributed by atoms with van der Waals surface area (Å²) in [6, 6.07) is 14.8. The normalized spacial score (nSPS) is 18.6. The zero-order valence-corrected chi connectivity index (χ0v) is 16.8. The fraction of sp³-hybridized carbons (Fsp3) is 0.391. The van der Waals surface area contributed by atoms with Crippen molar-refractivity contribution in [1.29, 1.82) is 0 Å². The first kappa shape index (κ1) is 20.2. The van der Waals surface area contributed by atoms with Gasteiger partial charge >= 0.3 is 12.1 Å². The number of rotatable bonds is 5. The monoisotopic (exact) mass is 410 g/mol. The van der Waals surface area contributed by atoms with Crippen LogP contribution < -0.4 is 20.1 Å². The summed E-state index contributed by atoms with van der Waals surface area (Å²) in [5.74, 6) is 0.930. The number of ether oxygens (including phenoxy) is 3. The van der Waals surface area contributed by atoms with Crippen molar-refractivity contribution in [1.82, 2.24) is 10.6 Å². The first-order chi connectivity index (χ1) is 14.7. The van der Waals surface area contributed by atoms with Crippen LogP contribution in [0.4, 0.5) is 4.79 Å². The van der Waals surface area contributed by atoms with Gasteiger partial charge in [0.15, 0.2) is 0 Å². The van der Waals surface area contributed by atoms with Gasteiger partial charge in [-0.1, -0.05) is 36.4 Å². The van der Waals surface area contributed by atoms with Crippen molar-refractivity contribution in [3.05, 3.63) is 59.7 Å². The molecule has 2 heterocycles. The lowest BCUT2D eigenvalue weighted by molar-refractivity contribution is -0.139. The predicted molar refractivity (Wildman–Crippen MR) is 110 cm³/mol. The number of fused-ring (bicyclic) bond motifs is 1. The van der Waals surface area contributed by atoms with Gasteiger partial charge in [-0.2, -0.15) is 0 Å². The van der Waals surface area contributed by atoms with Crippen molar-refractivity contribution >= 4 is 12.1 Å². The summed E-state index contributed by atoms with van der Waals surface area (Å²) in [5.41, 5.74) is 1.89. The van der Waals surface area contributed by atoms with Crippen LogP contribution in [0.1, 0.15) is 24.0 Å². The van der Waals surface area contributed by atoms with E-state index in [1.165, 1.54) is 0 Å². The highest BCUT2D eigenvalue weighted by Crippen LogP contribution is 2.30. The summed E-state index contributed by atoms with van der Waals surface area (Å²) in [6.07, 6.45) is 1.75. The number of piperidine rings is 1. The molecule has 1 fully saturated rings. The Balaban J connectivity index is 1.27. The van der Waals surface area contributed by atoms with E-state index in [-0.39, 0.29) is 24.5 Å². The number of carbonyl (C=O) groups excluding carboxylic acids is 2. The van der Waals surface area contributed by atoms with E-state index in [1.54, 1.807) is 12.1 Å². The van der Waals surface area contributed by atoms with Crippen LogP contribution in [0.5, 0.6) is 11.5 Å². The first-order valence-corrected chi connectivity index (χ1v) is 10.3. The topological polar surface area (TPSA) is 85.9 Å². The molecule has 7 nitrogen and oxygen atoms in total. The van der Waals surface area contributed by atoms with E-state index in [1.807, 2.05) is 36.4 Å². The molecule has 2 aromatic rings. The van der Waals surface area contributed by atoms with Crippen molar-refractivity contribution in [2.24, 2.45) is 5.92 Å². The number of benzene rings is 2. The average Bonchev–Trinajstić information content (AvgIpc) is 2.79. The molecule has 0 bridgehead atoms. The molecular weight excluding hydrogens is 384 g/mol. The smallest absolute Gasteiger partial charge is 0.407 e. The molecule has 0 aromatic heterocycles. The van der Waals surface area contributed by atoms with Crippen LogP contribution in [0.15, 0.2) is 48.5 Å². The van der Waals surface area contributed by atoms with Crippen LogP contribution in [0.2, 0.25) is 0 Å². The maximum Gasteiger partial charge on any atom is 0.407 e. The first-order valence-electron chi connectivity index (χ1n) is 10.3. The molecule has 1 saturated heterocycles. The van der Waals surface area contributed by atoms with E-state index < -0.39 is 6.09 Å². The van der Waals surface area contributed by atoms with E-state index in [0.717, 1.165) is 37.1 Å². The van der Waals surface area contributed by atoms with Crippen LogP contribution in [0.25, 0.3) is 0 Å². The van der Waals surface area contributed by atoms with Crippen molar-refractivity contribution < 1.29 is 23.8 Å². The Labute approximate surface area is 175 Å². The molecule has 0 aliphatic carbocycles. The molecule has 0 spiro atoms. The molecule has 4 rings (SSSR count). The summed E-state index contributed by atoms with van der Waals surface area (Å²) in [6.45, 7) is 2.24. The number of hydrogen-bond acceptors (Lipinski definition) is 6. The van der Waals surface area contributed by atoms with Crippen molar-refractivity contribution in [2.45, 2.75) is 31.9 Å². The number of amides is 1. The minimum atomic E-state index is -0.469. The molecule has 1 amide bonds. The third kappa shape index (κ3) is 5.30. The van der Waals surface area contributed by atoms with E-state index in [0.29, 0.717) is 24.5 Å². The molecule has 2 aromatic carbocycles. The Morgan fingerprint density at radius 1 is 1.10 bits per heavy atom.